The summed E-state index contributed by atoms with van der Waals surface area (Å²) in [5, 5.41) is 3.73. The Morgan fingerprint density at radius 1 is 0.905 bits per heavy atom. The van der Waals surface area contributed by atoms with Crippen molar-refractivity contribution < 1.29 is 0 Å². The molecule has 3 fully saturated rings. The topological polar surface area (TPSA) is 18.5 Å². The number of piperazine rings is 1. The van der Waals surface area contributed by atoms with Gasteiger partial charge in [-0.15, -0.1) is 0 Å². The molecular formula is C18H27N3. The van der Waals surface area contributed by atoms with Crippen LogP contribution in [-0.4, -0.2) is 49.7 Å². The molecule has 2 unspecified atom stereocenters. The number of anilines is 1. The Morgan fingerprint density at radius 3 is 2.29 bits per heavy atom. The van der Waals surface area contributed by atoms with Gasteiger partial charge in [-0.1, -0.05) is 18.2 Å². The van der Waals surface area contributed by atoms with Crippen molar-refractivity contribution in [3.05, 3.63) is 30.3 Å². The van der Waals surface area contributed by atoms with Crippen LogP contribution in [0.2, 0.25) is 0 Å². The Morgan fingerprint density at radius 2 is 1.67 bits per heavy atom. The van der Waals surface area contributed by atoms with Crippen molar-refractivity contribution in [2.75, 3.05) is 37.6 Å². The van der Waals surface area contributed by atoms with Crippen LogP contribution in [0.4, 0.5) is 5.69 Å². The van der Waals surface area contributed by atoms with E-state index in [9.17, 15) is 0 Å². The van der Waals surface area contributed by atoms with Crippen molar-refractivity contribution in [1.82, 2.24) is 10.2 Å². The van der Waals surface area contributed by atoms with Crippen LogP contribution in [0.25, 0.3) is 0 Å². The Labute approximate surface area is 128 Å². The van der Waals surface area contributed by atoms with Gasteiger partial charge in [-0.25, -0.2) is 0 Å². The lowest BCUT2D eigenvalue weighted by Crippen LogP contribution is -2.57. The van der Waals surface area contributed by atoms with E-state index in [1.54, 1.807) is 0 Å². The first-order chi connectivity index (χ1) is 10.4. The van der Waals surface area contributed by atoms with E-state index in [0.717, 1.165) is 18.0 Å². The minimum atomic E-state index is 0.856. The third kappa shape index (κ3) is 3.09. The van der Waals surface area contributed by atoms with Crippen LogP contribution in [0, 0.1) is 5.92 Å². The highest BCUT2D eigenvalue weighted by Gasteiger charge is 2.37. The Kier molecular flexibility index (Phi) is 3.87. The number of nitrogens with one attached hydrogen (secondary N) is 1. The fraction of sp³-hybridized carbons (Fsp3) is 0.667. The summed E-state index contributed by atoms with van der Waals surface area (Å²) in [5.41, 5.74) is 1.39. The second kappa shape index (κ2) is 5.98. The molecule has 21 heavy (non-hydrogen) atoms. The molecular weight excluding hydrogens is 258 g/mol. The lowest BCUT2D eigenvalue weighted by Gasteiger charge is -2.48. The molecule has 0 radical (unpaired) electrons. The van der Waals surface area contributed by atoms with Crippen LogP contribution in [0.5, 0.6) is 0 Å². The minimum absolute atomic E-state index is 0.856. The van der Waals surface area contributed by atoms with Gasteiger partial charge >= 0.3 is 0 Å². The third-order valence-electron chi connectivity index (χ3n) is 5.53. The molecule has 1 aliphatic heterocycles. The van der Waals surface area contributed by atoms with Gasteiger partial charge in [-0.3, -0.25) is 4.90 Å². The highest BCUT2D eigenvalue weighted by Crippen LogP contribution is 2.33. The largest absolute Gasteiger partial charge is 0.369 e. The maximum Gasteiger partial charge on any atom is 0.0367 e. The van der Waals surface area contributed by atoms with Crippen molar-refractivity contribution in [2.24, 2.45) is 5.92 Å². The highest BCUT2D eigenvalue weighted by molar-refractivity contribution is 5.46. The van der Waals surface area contributed by atoms with Crippen molar-refractivity contribution in [3.8, 4) is 0 Å². The zero-order valence-electron chi connectivity index (χ0n) is 12.9. The van der Waals surface area contributed by atoms with Crippen LogP contribution in [0.1, 0.15) is 25.7 Å². The fourth-order valence-corrected chi connectivity index (χ4v) is 3.83. The molecule has 1 saturated heterocycles. The molecule has 1 heterocycles. The van der Waals surface area contributed by atoms with E-state index >= 15 is 0 Å². The summed E-state index contributed by atoms with van der Waals surface area (Å²) in [6.45, 7) is 6.10. The molecule has 3 aliphatic rings. The van der Waals surface area contributed by atoms with Gasteiger partial charge < -0.3 is 10.2 Å². The van der Waals surface area contributed by atoms with E-state index in [2.05, 4.69) is 45.4 Å². The third-order valence-corrected chi connectivity index (χ3v) is 5.53. The maximum absolute atomic E-state index is 3.73. The molecule has 2 saturated carbocycles. The summed E-state index contributed by atoms with van der Waals surface area (Å²) < 4.78 is 0. The van der Waals surface area contributed by atoms with Gasteiger partial charge in [0.1, 0.15) is 0 Å². The van der Waals surface area contributed by atoms with Crippen LogP contribution >= 0.6 is 0 Å². The molecule has 0 spiro atoms. The average Bonchev–Trinajstić information content (AvgIpc) is 3.32. The van der Waals surface area contributed by atoms with E-state index in [1.165, 1.54) is 64.1 Å². The van der Waals surface area contributed by atoms with Crippen LogP contribution in [0.3, 0.4) is 0 Å². The van der Waals surface area contributed by atoms with Gasteiger partial charge in [0.05, 0.1) is 0 Å². The SMILES string of the molecule is c1ccc(N2CCN(C3CCC3CNC3CC3)CC2)cc1. The molecule has 3 nitrogen and oxygen atoms in total. The van der Waals surface area contributed by atoms with Crippen molar-refractivity contribution in [2.45, 2.75) is 37.8 Å². The van der Waals surface area contributed by atoms with Gasteiger partial charge in [0.2, 0.25) is 0 Å². The van der Waals surface area contributed by atoms with E-state index in [1.807, 2.05) is 0 Å². The first-order valence-electron chi connectivity index (χ1n) is 8.67. The van der Waals surface area contributed by atoms with E-state index in [-0.39, 0.29) is 0 Å². The highest BCUT2D eigenvalue weighted by atomic mass is 15.3. The quantitative estimate of drug-likeness (QED) is 0.896. The summed E-state index contributed by atoms with van der Waals surface area (Å²) in [4.78, 5) is 5.29. The molecule has 0 aromatic heterocycles. The van der Waals surface area contributed by atoms with E-state index in [0.29, 0.717) is 0 Å². The summed E-state index contributed by atoms with van der Waals surface area (Å²) in [5.74, 6) is 0.911. The Balaban J connectivity index is 1.27. The predicted octanol–water partition coefficient (Wildman–Crippen LogP) is 2.34. The molecule has 4 rings (SSSR count). The number of hydrogen-bond donors (Lipinski definition) is 1. The predicted molar refractivity (Wildman–Crippen MR) is 87.8 cm³/mol. The average molecular weight is 285 g/mol. The van der Waals surface area contributed by atoms with Crippen LogP contribution < -0.4 is 10.2 Å². The van der Waals surface area contributed by atoms with Crippen LogP contribution in [-0.2, 0) is 0 Å². The summed E-state index contributed by atoms with van der Waals surface area (Å²) in [7, 11) is 0. The number of nitrogens with zero attached hydrogens (tertiary/aromatic N) is 2. The molecule has 1 aromatic rings. The summed E-state index contributed by atoms with van der Waals surface area (Å²) in [6, 6.07) is 12.6. The molecule has 1 N–H and O–H groups in total. The second-order valence-electron chi connectivity index (χ2n) is 6.95. The van der Waals surface area contributed by atoms with Gasteiger partial charge in [-0.2, -0.15) is 0 Å². The fourth-order valence-electron chi connectivity index (χ4n) is 3.83. The minimum Gasteiger partial charge on any atom is -0.369 e. The molecule has 0 amide bonds. The van der Waals surface area contributed by atoms with Crippen molar-refractivity contribution in [3.63, 3.8) is 0 Å². The number of benzene rings is 1. The van der Waals surface area contributed by atoms with E-state index in [4.69, 9.17) is 0 Å². The number of para-hydroxylation sites is 1. The zero-order chi connectivity index (χ0) is 14.1. The normalized spacial score (nSPS) is 30.2. The maximum atomic E-state index is 3.73. The number of hydrogen-bond acceptors (Lipinski definition) is 3. The lowest BCUT2D eigenvalue weighted by atomic mass is 9.78. The molecule has 2 aliphatic carbocycles. The first kappa shape index (κ1) is 13.6. The molecule has 1 aromatic carbocycles. The Bertz CT molecular complexity index is 449. The monoisotopic (exact) mass is 285 g/mol. The van der Waals surface area contributed by atoms with Crippen molar-refractivity contribution in [1.29, 1.82) is 0 Å². The van der Waals surface area contributed by atoms with Crippen molar-refractivity contribution >= 4 is 5.69 Å². The Hall–Kier alpha value is -1.06. The van der Waals surface area contributed by atoms with Gasteiger partial charge in [-0.05, 0) is 50.3 Å². The lowest BCUT2D eigenvalue weighted by molar-refractivity contribution is 0.0570. The van der Waals surface area contributed by atoms with Crippen LogP contribution in [0.15, 0.2) is 30.3 Å². The first-order valence-corrected chi connectivity index (χ1v) is 8.67. The zero-order valence-corrected chi connectivity index (χ0v) is 12.9. The second-order valence-corrected chi connectivity index (χ2v) is 6.95. The standard InChI is InChI=1S/C18H27N3/c1-2-4-17(5-3-1)20-10-12-21(13-11-20)18-9-6-15(18)14-19-16-7-8-16/h1-5,15-16,18-19H,6-14H2. The molecule has 2 atom stereocenters. The van der Waals surface area contributed by atoms with E-state index < -0.39 is 0 Å². The van der Waals surface area contributed by atoms with Gasteiger partial charge in [0.25, 0.3) is 0 Å². The number of rotatable bonds is 5. The molecule has 0 bridgehead atoms. The molecule has 3 heteroatoms. The van der Waals surface area contributed by atoms with Gasteiger partial charge in [0, 0.05) is 44.0 Å². The molecule has 114 valence electrons. The summed E-state index contributed by atoms with van der Waals surface area (Å²) >= 11 is 0. The smallest absolute Gasteiger partial charge is 0.0367 e. The summed E-state index contributed by atoms with van der Waals surface area (Å²) in [6.07, 6.45) is 5.67. The van der Waals surface area contributed by atoms with Gasteiger partial charge in [0.15, 0.2) is 0 Å².